The third-order valence-electron chi connectivity index (χ3n) is 2.06. The number of nitrogens with zero attached hydrogens (tertiary/aromatic N) is 1. The summed E-state index contributed by atoms with van der Waals surface area (Å²) in [4.78, 5) is 4.06. The highest BCUT2D eigenvalue weighted by molar-refractivity contribution is 14.1. The highest BCUT2D eigenvalue weighted by Crippen LogP contribution is 2.29. The van der Waals surface area contributed by atoms with Crippen molar-refractivity contribution >= 4 is 34.2 Å². The molecule has 1 aromatic carbocycles. The Hall–Kier alpha value is -0.620. The van der Waals surface area contributed by atoms with E-state index in [1.807, 2.05) is 0 Å². The minimum absolute atomic E-state index is 0.265. The summed E-state index contributed by atoms with van der Waals surface area (Å²) in [5.74, 6) is 0.808. The van der Waals surface area contributed by atoms with Gasteiger partial charge in [0.05, 0.1) is 6.20 Å². The highest BCUT2D eigenvalue weighted by atomic mass is 127. The van der Waals surface area contributed by atoms with E-state index in [0.717, 1.165) is 9.13 Å². The SMILES string of the molecule is CC(Cl)c1ncc(-c2ccc(F)cc2I)o1. The van der Waals surface area contributed by atoms with Gasteiger partial charge in [-0.25, -0.2) is 9.37 Å². The van der Waals surface area contributed by atoms with E-state index in [2.05, 4.69) is 27.6 Å². The lowest BCUT2D eigenvalue weighted by atomic mass is 10.2. The van der Waals surface area contributed by atoms with E-state index in [4.69, 9.17) is 16.0 Å². The molecule has 2 nitrogen and oxygen atoms in total. The molecule has 1 atom stereocenters. The largest absolute Gasteiger partial charge is 0.439 e. The predicted octanol–water partition coefficient (Wildman–Crippen LogP) is 4.39. The summed E-state index contributed by atoms with van der Waals surface area (Å²) in [6.07, 6.45) is 1.60. The molecule has 0 aliphatic carbocycles. The number of hydrogen-bond acceptors (Lipinski definition) is 2. The number of rotatable bonds is 2. The lowest BCUT2D eigenvalue weighted by Gasteiger charge is -2.00. The number of hydrogen-bond donors (Lipinski definition) is 0. The van der Waals surface area contributed by atoms with Crippen LogP contribution in [0.4, 0.5) is 4.39 Å². The van der Waals surface area contributed by atoms with Crippen molar-refractivity contribution in [3.63, 3.8) is 0 Å². The second-order valence-corrected chi connectivity index (χ2v) is 5.12. The van der Waals surface area contributed by atoms with E-state index < -0.39 is 0 Å². The Kier molecular flexibility index (Phi) is 3.49. The summed E-state index contributed by atoms with van der Waals surface area (Å²) < 4.78 is 19.2. The van der Waals surface area contributed by atoms with Gasteiger partial charge in [0.15, 0.2) is 5.76 Å². The van der Waals surface area contributed by atoms with Gasteiger partial charge in [-0.1, -0.05) is 0 Å². The minimum atomic E-state index is -0.271. The van der Waals surface area contributed by atoms with Crippen molar-refractivity contribution in [3.8, 4) is 11.3 Å². The normalized spacial score (nSPS) is 12.8. The lowest BCUT2D eigenvalue weighted by molar-refractivity contribution is 0.507. The number of alkyl halides is 1. The van der Waals surface area contributed by atoms with Gasteiger partial charge in [-0.15, -0.1) is 11.6 Å². The van der Waals surface area contributed by atoms with Crippen molar-refractivity contribution in [1.82, 2.24) is 4.98 Å². The van der Waals surface area contributed by atoms with Gasteiger partial charge in [0, 0.05) is 9.13 Å². The van der Waals surface area contributed by atoms with Crippen LogP contribution in [0.2, 0.25) is 0 Å². The summed E-state index contributed by atoms with van der Waals surface area (Å²) in [7, 11) is 0. The lowest BCUT2D eigenvalue weighted by Crippen LogP contribution is -1.83. The van der Waals surface area contributed by atoms with E-state index in [0.29, 0.717) is 11.7 Å². The average molecular weight is 352 g/mol. The highest BCUT2D eigenvalue weighted by Gasteiger charge is 2.13. The molecule has 84 valence electrons. The number of aromatic nitrogens is 1. The van der Waals surface area contributed by atoms with Crippen molar-refractivity contribution in [1.29, 1.82) is 0 Å². The van der Waals surface area contributed by atoms with E-state index in [1.54, 1.807) is 19.2 Å². The van der Waals surface area contributed by atoms with Crippen LogP contribution in [0.1, 0.15) is 18.2 Å². The first-order valence-corrected chi connectivity index (χ1v) is 6.14. The molecule has 1 aromatic heterocycles. The Morgan fingerprint density at radius 3 is 2.81 bits per heavy atom. The van der Waals surface area contributed by atoms with Crippen LogP contribution in [0, 0.1) is 9.39 Å². The van der Waals surface area contributed by atoms with Crippen molar-refractivity contribution < 1.29 is 8.81 Å². The Morgan fingerprint density at radius 1 is 1.50 bits per heavy atom. The molecule has 16 heavy (non-hydrogen) atoms. The first-order valence-electron chi connectivity index (χ1n) is 4.63. The maximum absolute atomic E-state index is 12.9. The number of benzene rings is 1. The van der Waals surface area contributed by atoms with Crippen molar-refractivity contribution in [2.45, 2.75) is 12.3 Å². The van der Waals surface area contributed by atoms with Gasteiger partial charge in [0.2, 0.25) is 5.89 Å². The Labute approximate surface area is 111 Å². The van der Waals surface area contributed by atoms with Crippen LogP contribution in [0.25, 0.3) is 11.3 Å². The van der Waals surface area contributed by atoms with Crippen LogP contribution in [0.3, 0.4) is 0 Å². The molecule has 0 saturated heterocycles. The summed E-state index contributed by atoms with van der Waals surface area (Å²) in [5.41, 5.74) is 0.818. The van der Waals surface area contributed by atoms with Crippen LogP contribution in [-0.4, -0.2) is 4.98 Å². The van der Waals surface area contributed by atoms with Gasteiger partial charge >= 0.3 is 0 Å². The second kappa shape index (κ2) is 4.71. The molecule has 0 aliphatic heterocycles. The quantitative estimate of drug-likeness (QED) is 0.592. The molecule has 0 spiro atoms. The molecule has 0 bridgehead atoms. The van der Waals surface area contributed by atoms with Gasteiger partial charge in [-0.05, 0) is 47.7 Å². The average Bonchev–Trinajstić information content (AvgIpc) is 2.66. The third-order valence-corrected chi connectivity index (χ3v) is 3.14. The fraction of sp³-hybridized carbons (Fsp3) is 0.182. The molecule has 2 rings (SSSR count). The number of halogens is 3. The Morgan fingerprint density at radius 2 is 2.25 bits per heavy atom. The van der Waals surface area contributed by atoms with E-state index in [9.17, 15) is 4.39 Å². The van der Waals surface area contributed by atoms with E-state index in [1.165, 1.54) is 12.1 Å². The minimum Gasteiger partial charge on any atom is -0.439 e. The first kappa shape index (κ1) is 11.9. The summed E-state index contributed by atoms with van der Waals surface area (Å²) in [5, 5.41) is -0.271. The van der Waals surface area contributed by atoms with Crippen LogP contribution in [0.15, 0.2) is 28.8 Å². The first-order chi connectivity index (χ1) is 7.58. The third kappa shape index (κ3) is 2.38. The molecule has 0 N–H and O–H groups in total. The molecule has 0 saturated carbocycles. The zero-order valence-corrected chi connectivity index (χ0v) is 11.3. The number of oxazole rings is 1. The van der Waals surface area contributed by atoms with Gasteiger partial charge in [0.1, 0.15) is 11.2 Å². The molecule has 1 heterocycles. The maximum Gasteiger partial charge on any atom is 0.212 e. The predicted molar refractivity (Wildman–Crippen MR) is 68.9 cm³/mol. The summed E-state index contributed by atoms with van der Waals surface area (Å²) in [6, 6.07) is 4.51. The molecule has 0 aliphatic rings. The topological polar surface area (TPSA) is 26.0 Å². The van der Waals surface area contributed by atoms with Gasteiger partial charge in [-0.3, -0.25) is 0 Å². The molecule has 0 fully saturated rings. The molecule has 1 unspecified atom stereocenters. The standard InChI is InChI=1S/C11H8ClFINO/c1-6(12)11-15-5-10(16-11)8-3-2-7(13)4-9(8)14/h2-6H,1H3. The van der Waals surface area contributed by atoms with Gasteiger partial charge in [-0.2, -0.15) is 0 Å². The summed E-state index contributed by atoms with van der Waals surface area (Å²) in [6.45, 7) is 1.78. The molecule has 5 heteroatoms. The van der Waals surface area contributed by atoms with Crippen molar-refractivity contribution in [3.05, 3.63) is 39.7 Å². The summed E-state index contributed by atoms with van der Waals surface area (Å²) >= 11 is 7.91. The monoisotopic (exact) mass is 351 g/mol. The van der Waals surface area contributed by atoms with Crippen molar-refractivity contribution in [2.24, 2.45) is 0 Å². The van der Waals surface area contributed by atoms with Gasteiger partial charge in [0.25, 0.3) is 0 Å². The maximum atomic E-state index is 12.9. The molecule has 0 radical (unpaired) electrons. The molecular formula is C11H8ClFINO. The second-order valence-electron chi connectivity index (χ2n) is 3.30. The Balaban J connectivity index is 2.42. The van der Waals surface area contributed by atoms with Crippen LogP contribution in [-0.2, 0) is 0 Å². The Bertz CT molecular complexity index is 512. The fourth-order valence-corrected chi connectivity index (χ4v) is 2.13. The van der Waals surface area contributed by atoms with Crippen LogP contribution < -0.4 is 0 Å². The van der Waals surface area contributed by atoms with Gasteiger partial charge < -0.3 is 4.42 Å². The molecular weight excluding hydrogens is 343 g/mol. The van der Waals surface area contributed by atoms with Crippen LogP contribution in [0.5, 0.6) is 0 Å². The van der Waals surface area contributed by atoms with Crippen molar-refractivity contribution in [2.75, 3.05) is 0 Å². The fourth-order valence-electron chi connectivity index (χ4n) is 1.29. The molecule has 0 amide bonds. The van der Waals surface area contributed by atoms with E-state index >= 15 is 0 Å². The van der Waals surface area contributed by atoms with Crippen LogP contribution >= 0.6 is 34.2 Å². The smallest absolute Gasteiger partial charge is 0.212 e. The molecule has 2 aromatic rings. The zero-order valence-electron chi connectivity index (χ0n) is 8.38. The zero-order chi connectivity index (χ0) is 11.7. The van der Waals surface area contributed by atoms with E-state index in [-0.39, 0.29) is 11.2 Å².